The molecule has 0 saturated carbocycles. The number of anilines is 4. The van der Waals surface area contributed by atoms with Crippen LogP contribution in [0.25, 0.3) is 0 Å². The molecule has 0 bridgehead atoms. The monoisotopic (exact) mass is 370 g/mol. The molecule has 2 aromatic heterocycles. The molecule has 132 valence electrons. The minimum absolute atomic E-state index is 0.669. The largest absolute Gasteiger partial charge is 0.396 e. The molecule has 0 spiro atoms. The summed E-state index contributed by atoms with van der Waals surface area (Å²) in [5, 5.41) is 5.15. The first kappa shape index (κ1) is 19.6. The fourth-order valence-electron chi connectivity index (χ4n) is 1.61. The van der Waals surface area contributed by atoms with Crippen LogP contribution in [0.2, 0.25) is 0 Å². The molecular formula is C14H22N6O2S2. The van der Waals surface area contributed by atoms with Crippen LogP contribution in [0.4, 0.5) is 21.4 Å². The van der Waals surface area contributed by atoms with E-state index in [-0.39, 0.29) is 0 Å². The van der Waals surface area contributed by atoms with Crippen LogP contribution in [0, 0.1) is 0 Å². The molecule has 10 heteroatoms. The summed E-state index contributed by atoms with van der Waals surface area (Å²) < 4.78 is 0. The minimum Gasteiger partial charge on any atom is -0.396 e. The van der Waals surface area contributed by atoms with E-state index in [1.165, 1.54) is 22.7 Å². The molecule has 1 saturated heterocycles. The molecule has 0 atom stereocenters. The van der Waals surface area contributed by atoms with E-state index in [0.717, 1.165) is 12.8 Å². The van der Waals surface area contributed by atoms with Gasteiger partial charge in [-0.1, -0.05) is 0 Å². The van der Waals surface area contributed by atoms with Crippen molar-refractivity contribution < 1.29 is 9.59 Å². The third-order valence-electron chi connectivity index (χ3n) is 3.10. The lowest BCUT2D eigenvalue weighted by Gasteiger charge is -2.29. The minimum atomic E-state index is 0.669. The first-order valence-corrected chi connectivity index (χ1v) is 8.79. The maximum absolute atomic E-state index is 10.2. The molecule has 8 nitrogen and oxygen atoms in total. The quantitative estimate of drug-likeness (QED) is 0.574. The standard InChI is InChI=1S/C6H10N2O2.2C4H6N2S/c9-5-7-1-2-8(6-10)4-3-7;2*5-3-1-2-7-4(3)6/h5-6H,1-4H2;2*1-2H,5-6H2. The third kappa shape index (κ3) is 6.75. The van der Waals surface area contributed by atoms with Gasteiger partial charge in [0.2, 0.25) is 12.8 Å². The van der Waals surface area contributed by atoms with E-state index in [4.69, 9.17) is 22.9 Å². The maximum atomic E-state index is 10.2. The van der Waals surface area contributed by atoms with Crippen LogP contribution >= 0.6 is 22.7 Å². The number of piperazine rings is 1. The summed E-state index contributed by atoms with van der Waals surface area (Å²) >= 11 is 2.91. The number of nitrogens with zero attached hydrogens (tertiary/aromatic N) is 2. The molecule has 3 rings (SSSR count). The molecule has 2 amide bonds. The average Bonchev–Trinajstić information content (AvgIpc) is 3.17. The van der Waals surface area contributed by atoms with Gasteiger partial charge in [-0.2, -0.15) is 0 Å². The van der Waals surface area contributed by atoms with Gasteiger partial charge < -0.3 is 32.7 Å². The van der Waals surface area contributed by atoms with E-state index in [9.17, 15) is 9.59 Å². The SMILES string of the molecule is Nc1ccsc1N.Nc1ccsc1N.O=CN1CCN(C=O)CC1. The van der Waals surface area contributed by atoms with Crippen molar-refractivity contribution in [3.05, 3.63) is 22.9 Å². The zero-order valence-electron chi connectivity index (χ0n) is 13.1. The van der Waals surface area contributed by atoms with Crippen LogP contribution in [0.15, 0.2) is 22.9 Å². The number of thiophene rings is 2. The predicted octanol–water partition coefficient (Wildman–Crippen LogP) is 0.742. The zero-order chi connectivity index (χ0) is 17.9. The summed E-state index contributed by atoms with van der Waals surface area (Å²) in [4.78, 5) is 23.7. The van der Waals surface area contributed by atoms with Crippen LogP contribution in [0.1, 0.15) is 0 Å². The van der Waals surface area contributed by atoms with Crippen LogP contribution in [-0.2, 0) is 9.59 Å². The van der Waals surface area contributed by atoms with Gasteiger partial charge in [0, 0.05) is 26.2 Å². The highest BCUT2D eigenvalue weighted by Crippen LogP contribution is 2.20. The van der Waals surface area contributed by atoms with Crippen LogP contribution in [-0.4, -0.2) is 48.8 Å². The molecule has 0 radical (unpaired) electrons. The Kier molecular flexibility index (Phi) is 8.44. The van der Waals surface area contributed by atoms with Crippen molar-refractivity contribution in [3.63, 3.8) is 0 Å². The predicted molar refractivity (Wildman–Crippen MR) is 102 cm³/mol. The van der Waals surface area contributed by atoms with Gasteiger partial charge in [0.05, 0.1) is 11.4 Å². The van der Waals surface area contributed by atoms with Gasteiger partial charge in [0.15, 0.2) is 0 Å². The number of hydrogen-bond acceptors (Lipinski definition) is 8. The number of amides is 2. The topological polar surface area (TPSA) is 145 Å². The lowest BCUT2D eigenvalue weighted by molar-refractivity contribution is -0.125. The number of carbonyl (C=O) groups is 2. The van der Waals surface area contributed by atoms with Crippen LogP contribution in [0.3, 0.4) is 0 Å². The Hall–Kier alpha value is -2.46. The molecular weight excluding hydrogens is 348 g/mol. The van der Waals surface area contributed by atoms with E-state index in [2.05, 4.69) is 0 Å². The fraction of sp³-hybridized carbons (Fsp3) is 0.286. The second-order valence-corrected chi connectivity index (χ2v) is 6.66. The van der Waals surface area contributed by atoms with E-state index in [1.807, 2.05) is 10.8 Å². The van der Waals surface area contributed by atoms with E-state index in [1.54, 1.807) is 21.9 Å². The molecule has 0 unspecified atom stereocenters. The molecule has 0 aliphatic carbocycles. The Balaban J connectivity index is 0.000000185. The smallest absolute Gasteiger partial charge is 0.209 e. The van der Waals surface area contributed by atoms with Crippen molar-refractivity contribution >= 4 is 56.9 Å². The Morgan fingerprint density at radius 1 is 0.750 bits per heavy atom. The summed E-state index contributed by atoms with van der Waals surface area (Å²) in [7, 11) is 0. The van der Waals surface area contributed by atoms with Crippen LogP contribution < -0.4 is 22.9 Å². The van der Waals surface area contributed by atoms with Gasteiger partial charge in [-0.15, -0.1) is 22.7 Å². The van der Waals surface area contributed by atoms with Gasteiger partial charge in [-0.25, -0.2) is 0 Å². The van der Waals surface area contributed by atoms with Crippen molar-refractivity contribution in [3.8, 4) is 0 Å². The summed E-state index contributed by atoms with van der Waals surface area (Å²) in [6.07, 6.45) is 1.64. The molecule has 24 heavy (non-hydrogen) atoms. The van der Waals surface area contributed by atoms with Crippen molar-refractivity contribution in [2.24, 2.45) is 0 Å². The summed E-state index contributed by atoms with van der Waals surface area (Å²) in [6, 6.07) is 3.58. The first-order chi connectivity index (χ1) is 11.5. The highest BCUT2D eigenvalue weighted by molar-refractivity contribution is 7.14. The van der Waals surface area contributed by atoms with Crippen molar-refractivity contribution in [2.75, 3.05) is 49.1 Å². The summed E-state index contributed by atoms with van der Waals surface area (Å²) in [6.45, 7) is 2.68. The second-order valence-electron chi connectivity index (χ2n) is 4.76. The van der Waals surface area contributed by atoms with Gasteiger partial charge in [-0.05, 0) is 22.9 Å². The summed E-state index contributed by atoms with van der Waals surface area (Å²) in [5.41, 5.74) is 22.7. The second kappa shape index (κ2) is 10.3. The highest BCUT2D eigenvalue weighted by atomic mass is 32.1. The van der Waals surface area contributed by atoms with Gasteiger partial charge >= 0.3 is 0 Å². The highest BCUT2D eigenvalue weighted by Gasteiger charge is 2.12. The first-order valence-electron chi connectivity index (χ1n) is 7.03. The van der Waals surface area contributed by atoms with E-state index < -0.39 is 0 Å². The van der Waals surface area contributed by atoms with E-state index >= 15 is 0 Å². The van der Waals surface area contributed by atoms with E-state index in [0.29, 0.717) is 47.6 Å². The van der Waals surface area contributed by atoms with Crippen molar-refractivity contribution in [1.29, 1.82) is 0 Å². The number of hydrogen-bond donors (Lipinski definition) is 4. The average molecular weight is 371 g/mol. The lowest BCUT2D eigenvalue weighted by Crippen LogP contribution is -2.44. The normalized spacial score (nSPS) is 13.2. The Morgan fingerprint density at radius 3 is 1.21 bits per heavy atom. The Bertz CT molecular complexity index is 535. The number of carbonyl (C=O) groups excluding carboxylic acids is 2. The Labute approximate surface area is 148 Å². The van der Waals surface area contributed by atoms with Crippen LogP contribution in [0.5, 0.6) is 0 Å². The zero-order valence-corrected chi connectivity index (χ0v) is 14.8. The number of nitrogen functional groups attached to an aromatic ring is 4. The number of rotatable bonds is 2. The third-order valence-corrected chi connectivity index (χ3v) is 4.62. The molecule has 0 aromatic carbocycles. The van der Waals surface area contributed by atoms with Gasteiger partial charge in [0.25, 0.3) is 0 Å². The van der Waals surface area contributed by atoms with Gasteiger partial charge in [-0.3, -0.25) is 9.59 Å². The Morgan fingerprint density at radius 2 is 1.08 bits per heavy atom. The molecule has 1 aliphatic heterocycles. The molecule has 2 aromatic rings. The van der Waals surface area contributed by atoms with Crippen molar-refractivity contribution in [2.45, 2.75) is 0 Å². The molecule has 1 fully saturated rings. The lowest BCUT2D eigenvalue weighted by atomic mass is 10.4. The van der Waals surface area contributed by atoms with Crippen molar-refractivity contribution in [1.82, 2.24) is 9.80 Å². The fourth-order valence-corrected chi connectivity index (χ4v) is 2.74. The summed E-state index contributed by atoms with van der Waals surface area (Å²) in [5.74, 6) is 0. The van der Waals surface area contributed by atoms with Gasteiger partial charge in [0.1, 0.15) is 10.0 Å². The number of nitrogens with two attached hydrogens (primary N) is 4. The molecule has 1 aliphatic rings. The molecule has 3 heterocycles. The maximum Gasteiger partial charge on any atom is 0.209 e. The molecule has 8 N–H and O–H groups in total.